The Hall–Kier alpha value is -1.55. The number of carbonyl (C=O) groups excluding carboxylic acids is 1. The molecule has 1 heterocycles. The second-order valence-corrected chi connectivity index (χ2v) is 5.22. The van der Waals surface area contributed by atoms with Gasteiger partial charge in [0.05, 0.1) is 7.11 Å². The monoisotopic (exact) mass is 248 g/mol. The van der Waals surface area contributed by atoms with Crippen LogP contribution < -0.4 is 15.4 Å². The van der Waals surface area contributed by atoms with Crippen LogP contribution in [0.5, 0.6) is 5.75 Å². The molecule has 1 saturated heterocycles. The van der Waals surface area contributed by atoms with Crippen LogP contribution in [0.4, 0.5) is 5.69 Å². The Morgan fingerprint density at radius 3 is 2.78 bits per heavy atom. The molecule has 2 N–H and O–H groups in total. The van der Waals surface area contributed by atoms with Gasteiger partial charge in [0.25, 0.3) is 0 Å². The molecule has 4 nitrogen and oxygen atoms in total. The quantitative estimate of drug-likeness (QED) is 0.887. The van der Waals surface area contributed by atoms with E-state index in [1.165, 1.54) is 0 Å². The fourth-order valence-corrected chi connectivity index (χ4v) is 2.65. The average molecular weight is 248 g/mol. The first kappa shape index (κ1) is 12.9. The Kier molecular flexibility index (Phi) is 3.30. The number of rotatable bonds is 3. The van der Waals surface area contributed by atoms with Crippen molar-refractivity contribution in [3.05, 3.63) is 24.3 Å². The van der Waals surface area contributed by atoms with Crippen LogP contribution in [0.1, 0.15) is 20.3 Å². The molecule has 0 bridgehead atoms. The zero-order valence-corrected chi connectivity index (χ0v) is 11.1. The van der Waals surface area contributed by atoms with Gasteiger partial charge < -0.3 is 15.4 Å². The van der Waals surface area contributed by atoms with E-state index in [4.69, 9.17) is 10.5 Å². The Morgan fingerprint density at radius 1 is 1.50 bits per heavy atom. The fraction of sp³-hybridized carbons (Fsp3) is 0.500. The molecule has 0 aromatic heterocycles. The maximum Gasteiger partial charge on any atom is 0.227 e. The number of nitrogens with zero attached hydrogens (tertiary/aromatic N) is 1. The van der Waals surface area contributed by atoms with E-state index in [1.807, 2.05) is 29.2 Å². The zero-order valence-electron chi connectivity index (χ0n) is 11.1. The van der Waals surface area contributed by atoms with Crippen molar-refractivity contribution in [1.82, 2.24) is 0 Å². The van der Waals surface area contributed by atoms with Gasteiger partial charge in [-0.25, -0.2) is 0 Å². The summed E-state index contributed by atoms with van der Waals surface area (Å²) in [6.45, 7) is 4.66. The minimum atomic E-state index is -0.252. The lowest BCUT2D eigenvalue weighted by atomic mass is 9.88. The van der Waals surface area contributed by atoms with E-state index < -0.39 is 0 Å². The summed E-state index contributed by atoms with van der Waals surface area (Å²) in [6, 6.07) is 7.59. The molecule has 0 aliphatic carbocycles. The second kappa shape index (κ2) is 4.61. The molecule has 1 unspecified atom stereocenters. The van der Waals surface area contributed by atoms with E-state index in [1.54, 1.807) is 7.11 Å². The van der Waals surface area contributed by atoms with Gasteiger partial charge in [0.15, 0.2) is 0 Å². The number of carbonyl (C=O) groups is 1. The maximum atomic E-state index is 12.2. The Balaban J connectivity index is 2.39. The molecule has 18 heavy (non-hydrogen) atoms. The van der Waals surface area contributed by atoms with Crippen LogP contribution in [-0.4, -0.2) is 25.1 Å². The summed E-state index contributed by atoms with van der Waals surface area (Å²) in [5.41, 5.74) is 6.39. The van der Waals surface area contributed by atoms with Gasteiger partial charge in [-0.2, -0.15) is 0 Å². The Labute approximate surface area is 108 Å². The van der Waals surface area contributed by atoms with Crippen molar-refractivity contribution in [2.24, 2.45) is 11.7 Å². The van der Waals surface area contributed by atoms with Crippen molar-refractivity contribution < 1.29 is 9.53 Å². The van der Waals surface area contributed by atoms with Gasteiger partial charge in [-0.05, 0) is 32.5 Å². The summed E-state index contributed by atoms with van der Waals surface area (Å²) < 4.78 is 5.21. The van der Waals surface area contributed by atoms with Crippen molar-refractivity contribution in [2.45, 2.75) is 25.8 Å². The van der Waals surface area contributed by atoms with E-state index in [2.05, 4.69) is 13.8 Å². The van der Waals surface area contributed by atoms with E-state index >= 15 is 0 Å². The first-order valence-electron chi connectivity index (χ1n) is 6.18. The van der Waals surface area contributed by atoms with Crippen molar-refractivity contribution in [3.8, 4) is 5.75 Å². The van der Waals surface area contributed by atoms with Crippen LogP contribution in [0.15, 0.2) is 24.3 Å². The van der Waals surface area contributed by atoms with E-state index in [9.17, 15) is 4.79 Å². The molecule has 0 radical (unpaired) electrons. The van der Waals surface area contributed by atoms with Crippen LogP contribution in [-0.2, 0) is 4.79 Å². The lowest BCUT2D eigenvalue weighted by Crippen LogP contribution is -2.46. The first-order chi connectivity index (χ1) is 8.50. The number of ether oxygens (including phenoxy) is 1. The Morgan fingerprint density at radius 2 is 2.22 bits per heavy atom. The van der Waals surface area contributed by atoms with Crippen molar-refractivity contribution in [2.75, 3.05) is 18.6 Å². The van der Waals surface area contributed by atoms with Gasteiger partial charge in [-0.15, -0.1) is 0 Å². The summed E-state index contributed by atoms with van der Waals surface area (Å²) in [4.78, 5) is 14.0. The van der Waals surface area contributed by atoms with E-state index in [0.717, 1.165) is 11.4 Å². The molecule has 2 rings (SSSR count). The van der Waals surface area contributed by atoms with Gasteiger partial charge in [0.2, 0.25) is 5.91 Å². The SMILES string of the molecule is COc1cccc(N2C(=O)CC(CN)C2(C)C)c1. The fourth-order valence-electron chi connectivity index (χ4n) is 2.65. The molecule has 0 spiro atoms. The molecule has 1 fully saturated rings. The molecule has 1 amide bonds. The highest BCUT2D eigenvalue weighted by molar-refractivity contribution is 5.97. The van der Waals surface area contributed by atoms with Gasteiger partial charge >= 0.3 is 0 Å². The van der Waals surface area contributed by atoms with Crippen LogP contribution in [0.2, 0.25) is 0 Å². The van der Waals surface area contributed by atoms with Gasteiger partial charge in [0, 0.05) is 29.6 Å². The third-order valence-corrected chi connectivity index (χ3v) is 3.84. The third kappa shape index (κ3) is 1.97. The average Bonchev–Trinajstić information content (AvgIpc) is 2.58. The minimum Gasteiger partial charge on any atom is -0.497 e. The van der Waals surface area contributed by atoms with E-state index in [0.29, 0.717) is 13.0 Å². The summed E-state index contributed by atoms with van der Waals surface area (Å²) in [5, 5.41) is 0. The van der Waals surface area contributed by atoms with Gasteiger partial charge in [0.1, 0.15) is 5.75 Å². The smallest absolute Gasteiger partial charge is 0.227 e. The summed E-state index contributed by atoms with van der Waals surface area (Å²) >= 11 is 0. The summed E-state index contributed by atoms with van der Waals surface area (Å²) in [5.74, 6) is 1.08. The van der Waals surface area contributed by atoms with Crippen molar-refractivity contribution in [1.29, 1.82) is 0 Å². The molecule has 98 valence electrons. The third-order valence-electron chi connectivity index (χ3n) is 3.84. The van der Waals surface area contributed by atoms with Crippen molar-refractivity contribution in [3.63, 3.8) is 0 Å². The predicted octanol–water partition coefficient (Wildman–Crippen LogP) is 1.79. The highest BCUT2D eigenvalue weighted by Gasteiger charge is 2.46. The van der Waals surface area contributed by atoms with Crippen LogP contribution in [0.25, 0.3) is 0 Å². The largest absolute Gasteiger partial charge is 0.497 e. The molecular formula is C14H20N2O2. The number of nitrogens with two attached hydrogens (primary N) is 1. The highest BCUT2D eigenvalue weighted by Crippen LogP contribution is 2.39. The molecule has 1 aromatic rings. The topological polar surface area (TPSA) is 55.6 Å². The maximum absolute atomic E-state index is 12.2. The standard InChI is InChI=1S/C14H20N2O2/c1-14(2)10(9-15)7-13(17)16(14)11-5-4-6-12(8-11)18-3/h4-6,8,10H,7,9,15H2,1-3H3. The van der Waals surface area contributed by atoms with Gasteiger partial charge in [-0.3, -0.25) is 4.79 Å². The zero-order chi connectivity index (χ0) is 13.3. The lowest BCUT2D eigenvalue weighted by Gasteiger charge is -2.35. The van der Waals surface area contributed by atoms with E-state index in [-0.39, 0.29) is 17.4 Å². The number of hydrogen-bond donors (Lipinski definition) is 1. The molecule has 1 aliphatic rings. The van der Waals surface area contributed by atoms with Crippen LogP contribution >= 0.6 is 0 Å². The minimum absolute atomic E-state index is 0.128. The number of anilines is 1. The summed E-state index contributed by atoms with van der Waals surface area (Å²) in [6.07, 6.45) is 0.515. The second-order valence-electron chi connectivity index (χ2n) is 5.22. The van der Waals surface area contributed by atoms with Gasteiger partial charge in [-0.1, -0.05) is 6.07 Å². The number of amides is 1. The normalized spacial score (nSPS) is 22.3. The Bertz CT molecular complexity index is 457. The number of benzene rings is 1. The van der Waals surface area contributed by atoms with Crippen molar-refractivity contribution >= 4 is 11.6 Å². The molecule has 4 heteroatoms. The molecular weight excluding hydrogens is 228 g/mol. The molecule has 1 atom stereocenters. The number of methoxy groups -OCH3 is 1. The molecule has 1 aromatic carbocycles. The summed E-state index contributed by atoms with van der Waals surface area (Å²) in [7, 11) is 1.62. The number of hydrogen-bond acceptors (Lipinski definition) is 3. The molecule has 0 saturated carbocycles. The van der Waals surface area contributed by atoms with Crippen LogP contribution in [0, 0.1) is 5.92 Å². The lowest BCUT2D eigenvalue weighted by molar-refractivity contribution is -0.117. The highest BCUT2D eigenvalue weighted by atomic mass is 16.5. The first-order valence-corrected chi connectivity index (χ1v) is 6.18. The molecule has 1 aliphatic heterocycles. The van der Waals surface area contributed by atoms with Crippen LogP contribution in [0.3, 0.4) is 0 Å². The predicted molar refractivity (Wildman–Crippen MR) is 71.7 cm³/mol.